The summed E-state index contributed by atoms with van der Waals surface area (Å²) < 4.78 is 5.78. The van der Waals surface area contributed by atoms with E-state index in [9.17, 15) is 9.59 Å². The van der Waals surface area contributed by atoms with Gasteiger partial charge in [0.15, 0.2) is 0 Å². The average molecular weight is 459 g/mol. The number of carbonyl (C=O) groups excluding carboxylic acids is 2. The van der Waals surface area contributed by atoms with Crippen LogP contribution in [0.5, 0.6) is 5.75 Å². The molecule has 0 atom stereocenters. The van der Waals surface area contributed by atoms with E-state index >= 15 is 0 Å². The van der Waals surface area contributed by atoms with Gasteiger partial charge in [0, 0.05) is 50.5 Å². The topological polar surface area (TPSA) is 87.9 Å². The molecule has 0 saturated carbocycles. The molecular formula is C27H30N4O3. The van der Waals surface area contributed by atoms with Gasteiger partial charge in [-0.05, 0) is 42.0 Å². The molecule has 176 valence electrons. The fraction of sp³-hybridized carbons (Fsp3) is 0.259. The number of rotatable bonds is 9. The third-order valence-electron chi connectivity index (χ3n) is 5.94. The maximum Gasteiger partial charge on any atom is 0.252 e. The second kappa shape index (κ2) is 11.3. The highest BCUT2D eigenvalue weighted by Gasteiger charge is 2.17. The van der Waals surface area contributed by atoms with Gasteiger partial charge in [0.2, 0.25) is 0 Å². The first-order valence-electron chi connectivity index (χ1n) is 11.5. The molecule has 1 aliphatic rings. The molecule has 0 unspecified atom stereocenters. The summed E-state index contributed by atoms with van der Waals surface area (Å²) in [5.74, 6) is -0.218. The summed E-state index contributed by atoms with van der Waals surface area (Å²) >= 11 is 0. The summed E-state index contributed by atoms with van der Waals surface area (Å²) in [7, 11) is 0. The van der Waals surface area contributed by atoms with Crippen molar-refractivity contribution in [1.82, 2.24) is 10.2 Å². The lowest BCUT2D eigenvalue weighted by Gasteiger charge is -2.36. The van der Waals surface area contributed by atoms with E-state index in [2.05, 4.69) is 39.4 Å². The highest BCUT2D eigenvalue weighted by molar-refractivity contribution is 5.95. The van der Waals surface area contributed by atoms with Crippen molar-refractivity contribution in [1.29, 1.82) is 0 Å². The number of ether oxygens (including phenoxy) is 1. The molecular weight excluding hydrogens is 428 g/mol. The number of benzene rings is 3. The van der Waals surface area contributed by atoms with E-state index in [4.69, 9.17) is 10.5 Å². The van der Waals surface area contributed by atoms with Gasteiger partial charge in [-0.25, -0.2) is 0 Å². The summed E-state index contributed by atoms with van der Waals surface area (Å²) in [6.07, 6.45) is 0. The summed E-state index contributed by atoms with van der Waals surface area (Å²) in [6, 6.07) is 24.6. The van der Waals surface area contributed by atoms with E-state index in [1.54, 1.807) is 36.4 Å². The Bertz CT molecular complexity index is 1110. The smallest absolute Gasteiger partial charge is 0.252 e. The van der Waals surface area contributed by atoms with Crippen molar-refractivity contribution in [2.45, 2.75) is 6.61 Å². The number of carbonyl (C=O) groups is 2. The normalized spacial score (nSPS) is 13.9. The molecule has 3 aromatic rings. The molecule has 7 heteroatoms. The number of amides is 2. The summed E-state index contributed by atoms with van der Waals surface area (Å²) in [5.41, 5.74) is 8.42. The highest BCUT2D eigenvalue weighted by atomic mass is 16.5. The van der Waals surface area contributed by atoms with Crippen LogP contribution >= 0.6 is 0 Å². The van der Waals surface area contributed by atoms with Gasteiger partial charge in [-0.3, -0.25) is 14.5 Å². The van der Waals surface area contributed by atoms with Crippen LogP contribution in [0.15, 0.2) is 78.9 Å². The second-order valence-electron chi connectivity index (χ2n) is 8.27. The molecule has 34 heavy (non-hydrogen) atoms. The van der Waals surface area contributed by atoms with Gasteiger partial charge >= 0.3 is 0 Å². The van der Waals surface area contributed by atoms with Crippen LogP contribution in [0, 0.1) is 0 Å². The van der Waals surface area contributed by atoms with Crippen LogP contribution in [0.3, 0.4) is 0 Å². The number of hydrogen-bond donors (Lipinski definition) is 2. The van der Waals surface area contributed by atoms with E-state index in [1.807, 2.05) is 18.2 Å². The van der Waals surface area contributed by atoms with E-state index in [0.717, 1.165) is 38.3 Å². The Labute approximate surface area is 200 Å². The van der Waals surface area contributed by atoms with Crippen LogP contribution in [-0.2, 0) is 6.61 Å². The number of nitrogens with two attached hydrogens (primary N) is 1. The maximum atomic E-state index is 12.7. The summed E-state index contributed by atoms with van der Waals surface area (Å²) in [5, 5.41) is 3.02. The molecule has 1 saturated heterocycles. The fourth-order valence-corrected chi connectivity index (χ4v) is 4.06. The Balaban J connectivity index is 1.23. The molecule has 1 aliphatic heterocycles. The zero-order valence-electron chi connectivity index (χ0n) is 19.2. The minimum Gasteiger partial charge on any atom is -0.488 e. The number of anilines is 1. The molecule has 4 rings (SSSR count). The van der Waals surface area contributed by atoms with Crippen LogP contribution < -0.4 is 20.7 Å². The molecule has 0 spiro atoms. The van der Waals surface area contributed by atoms with Gasteiger partial charge in [0.25, 0.3) is 11.8 Å². The molecule has 1 fully saturated rings. The van der Waals surface area contributed by atoms with Crippen molar-refractivity contribution in [3.8, 4) is 5.75 Å². The van der Waals surface area contributed by atoms with Gasteiger partial charge in [-0.15, -0.1) is 0 Å². The zero-order chi connectivity index (χ0) is 23.8. The van der Waals surface area contributed by atoms with Gasteiger partial charge in [-0.2, -0.15) is 0 Å². The lowest BCUT2D eigenvalue weighted by molar-refractivity contribution is 0.0946. The van der Waals surface area contributed by atoms with Crippen molar-refractivity contribution in [3.05, 3.63) is 95.6 Å². The molecule has 0 aliphatic carbocycles. The molecule has 2 amide bonds. The number of para-hydroxylation sites is 2. The molecule has 7 nitrogen and oxygen atoms in total. The van der Waals surface area contributed by atoms with Gasteiger partial charge < -0.3 is 20.7 Å². The largest absolute Gasteiger partial charge is 0.488 e. The van der Waals surface area contributed by atoms with Crippen molar-refractivity contribution in [2.24, 2.45) is 5.73 Å². The summed E-state index contributed by atoms with van der Waals surface area (Å²) in [4.78, 5) is 29.0. The van der Waals surface area contributed by atoms with Crippen LogP contribution in [0.4, 0.5) is 5.69 Å². The van der Waals surface area contributed by atoms with E-state index in [-0.39, 0.29) is 12.5 Å². The molecule has 3 aromatic carbocycles. The minimum atomic E-state index is -0.537. The van der Waals surface area contributed by atoms with Gasteiger partial charge in [-0.1, -0.05) is 42.5 Å². The van der Waals surface area contributed by atoms with Crippen molar-refractivity contribution < 1.29 is 14.3 Å². The molecule has 0 aromatic heterocycles. The second-order valence-corrected chi connectivity index (χ2v) is 8.27. The number of piperazine rings is 1. The quantitative estimate of drug-likeness (QED) is 0.515. The monoisotopic (exact) mass is 458 g/mol. The zero-order valence-corrected chi connectivity index (χ0v) is 19.2. The first kappa shape index (κ1) is 23.3. The number of nitrogens with one attached hydrogen (secondary N) is 1. The Morgan fingerprint density at radius 1 is 0.882 bits per heavy atom. The standard InChI is InChI=1S/C27H30N4O3/c28-26(32)24-11-4-5-12-25(24)34-20-21-7-6-8-22(19-21)27(33)29-13-14-30-15-17-31(18-16-30)23-9-2-1-3-10-23/h1-12,19H,13-18,20H2,(H2,28,32)(H,29,33). The Morgan fingerprint density at radius 2 is 1.62 bits per heavy atom. The molecule has 0 bridgehead atoms. The van der Waals surface area contributed by atoms with Crippen LogP contribution in [0.25, 0.3) is 0 Å². The lowest BCUT2D eigenvalue weighted by atomic mass is 10.1. The maximum absolute atomic E-state index is 12.7. The van der Waals surface area contributed by atoms with E-state index in [1.165, 1.54) is 5.69 Å². The number of hydrogen-bond acceptors (Lipinski definition) is 5. The van der Waals surface area contributed by atoms with E-state index in [0.29, 0.717) is 23.4 Å². The first-order valence-corrected chi connectivity index (χ1v) is 11.5. The van der Waals surface area contributed by atoms with Crippen LogP contribution in [0.1, 0.15) is 26.3 Å². The molecule has 1 heterocycles. The van der Waals surface area contributed by atoms with Crippen molar-refractivity contribution >= 4 is 17.5 Å². The lowest BCUT2D eigenvalue weighted by Crippen LogP contribution is -2.48. The predicted molar refractivity (Wildman–Crippen MR) is 133 cm³/mol. The highest BCUT2D eigenvalue weighted by Crippen LogP contribution is 2.19. The average Bonchev–Trinajstić information content (AvgIpc) is 2.88. The van der Waals surface area contributed by atoms with Crippen LogP contribution in [-0.4, -0.2) is 56.0 Å². The van der Waals surface area contributed by atoms with E-state index < -0.39 is 5.91 Å². The third kappa shape index (κ3) is 6.14. The number of nitrogens with zero attached hydrogens (tertiary/aromatic N) is 2. The van der Waals surface area contributed by atoms with Gasteiger partial charge in [0.1, 0.15) is 12.4 Å². The minimum absolute atomic E-state index is 0.109. The van der Waals surface area contributed by atoms with Gasteiger partial charge in [0.05, 0.1) is 5.56 Å². The summed E-state index contributed by atoms with van der Waals surface area (Å²) in [6.45, 7) is 5.57. The fourth-order valence-electron chi connectivity index (χ4n) is 4.06. The Hall–Kier alpha value is -3.84. The Morgan fingerprint density at radius 3 is 2.38 bits per heavy atom. The molecule has 0 radical (unpaired) electrons. The number of primary amides is 1. The van der Waals surface area contributed by atoms with Crippen molar-refractivity contribution in [2.75, 3.05) is 44.2 Å². The van der Waals surface area contributed by atoms with Crippen molar-refractivity contribution in [3.63, 3.8) is 0 Å². The van der Waals surface area contributed by atoms with Crippen LogP contribution in [0.2, 0.25) is 0 Å². The molecule has 3 N–H and O–H groups in total. The third-order valence-corrected chi connectivity index (χ3v) is 5.94. The Kier molecular flexibility index (Phi) is 7.78. The SMILES string of the molecule is NC(=O)c1ccccc1OCc1cccc(C(=O)NCCN2CCN(c3ccccc3)CC2)c1. The predicted octanol–water partition coefficient (Wildman–Crippen LogP) is 2.92. The first-order chi connectivity index (χ1) is 16.6.